The normalized spacial score (nSPS) is 16.2. The fourth-order valence-electron chi connectivity index (χ4n) is 4.50. The highest BCUT2D eigenvalue weighted by Crippen LogP contribution is 2.41. The van der Waals surface area contributed by atoms with Crippen molar-refractivity contribution < 1.29 is 21.6 Å². The van der Waals surface area contributed by atoms with E-state index >= 15 is 0 Å². The lowest BCUT2D eigenvalue weighted by Gasteiger charge is -2.20. The zero-order valence-electron chi connectivity index (χ0n) is 20.1. The lowest BCUT2D eigenvalue weighted by molar-refractivity contribution is -0.137. The van der Waals surface area contributed by atoms with Gasteiger partial charge in [0.1, 0.15) is 0 Å². The van der Waals surface area contributed by atoms with Crippen molar-refractivity contribution in [2.75, 3.05) is 0 Å². The lowest BCUT2D eigenvalue weighted by Crippen LogP contribution is -2.29. The van der Waals surface area contributed by atoms with E-state index in [1.165, 1.54) is 12.1 Å². The van der Waals surface area contributed by atoms with Gasteiger partial charge in [-0.2, -0.15) is 13.2 Å². The van der Waals surface area contributed by atoms with E-state index in [1.807, 2.05) is 29.8 Å². The highest BCUT2D eigenvalue weighted by atomic mass is 32.2. The minimum atomic E-state index is -4.47. The molecule has 0 spiro atoms. The highest BCUT2D eigenvalue weighted by Gasteiger charge is 2.37. The van der Waals surface area contributed by atoms with Crippen molar-refractivity contribution in [1.82, 2.24) is 9.29 Å². The fraction of sp³-hybridized carbons (Fsp3) is 0.462. The second kappa shape index (κ2) is 8.41. The van der Waals surface area contributed by atoms with E-state index in [4.69, 9.17) is 0 Å². The summed E-state index contributed by atoms with van der Waals surface area (Å²) in [5.74, 6) is 0. The van der Waals surface area contributed by atoms with E-state index in [0.29, 0.717) is 30.5 Å². The molecule has 1 fully saturated rings. The Bertz CT molecular complexity index is 1330. The molecular weight excluding hydrogens is 461 g/mol. The van der Waals surface area contributed by atoms with Crippen LogP contribution in [0.25, 0.3) is 22.0 Å². The predicted octanol–water partition coefficient (Wildman–Crippen LogP) is 6.82. The van der Waals surface area contributed by atoms with Crippen LogP contribution in [-0.4, -0.2) is 18.2 Å². The second-order valence-corrected chi connectivity index (χ2v) is 12.6. The van der Waals surface area contributed by atoms with E-state index in [2.05, 4.69) is 25.5 Å². The minimum Gasteiger partial charge on any atom is -0.347 e. The number of nitrogens with one attached hydrogen (secondary N) is 1. The summed E-state index contributed by atoms with van der Waals surface area (Å²) in [5, 5.41) is 0.520. The second-order valence-electron chi connectivity index (χ2n) is 10.6. The molecule has 1 atom stereocenters. The minimum absolute atomic E-state index is 0.0884. The van der Waals surface area contributed by atoms with Crippen molar-refractivity contribution in [3.8, 4) is 11.1 Å². The number of aryl methyl sites for hydroxylation is 1. The van der Waals surface area contributed by atoms with E-state index in [-0.39, 0.29) is 16.2 Å². The summed E-state index contributed by atoms with van der Waals surface area (Å²) in [4.78, 5) is 0. The van der Waals surface area contributed by atoms with Crippen molar-refractivity contribution in [2.45, 2.75) is 71.5 Å². The summed E-state index contributed by atoms with van der Waals surface area (Å²) in [7, 11) is -3.40. The Labute approximate surface area is 199 Å². The van der Waals surface area contributed by atoms with Gasteiger partial charge < -0.3 is 4.57 Å². The number of hydrogen-bond donors (Lipinski definition) is 1. The first-order chi connectivity index (χ1) is 15.7. The lowest BCUT2D eigenvalue weighted by atomic mass is 9.93. The van der Waals surface area contributed by atoms with Crippen LogP contribution >= 0.6 is 0 Å². The first kappa shape index (κ1) is 24.8. The Morgan fingerprint density at radius 1 is 1.09 bits per heavy atom. The quantitative estimate of drug-likeness (QED) is 0.410. The molecule has 3 aromatic rings. The third kappa shape index (κ3) is 5.03. The van der Waals surface area contributed by atoms with Gasteiger partial charge in [0.05, 0.1) is 10.8 Å². The maximum atomic E-state index is 13.7. The number of benzene rings is 2. The van der Waals surface area contributed by atoms with Crippen LogP contribution in [0.5, 0.6) is 0 Å². The molecule has 4 rings (SSSR count). The molecule has 1 N–H and O–H groups in total. The van der Waals surface area contributed by atoms with Crippen molar-refractivity contribution in [1.29, 1.82) is 0 Å². The van der Waals surface area contributed by atoms with Crippen LogP contribution in [0.3, 0.4) is 0 Å². The van der Waals surface area contributed by atoms with Crippen LogP contribution in [0.2, 0.25) is 0 Å². The maximum Gasteiger partial charge on any atom is 0.417 e. The monoisotopic (exact) mass is 492 g/mol. The Balaban J connectivity index is 1.89. The summed E-state index contributed by atoms with van der Waals surface area (Å²) < 4.78 is 71.2. The van der Waals surface area contributed by atoms with Gasteiger partial charge in [-0.15, -0.1) is 0 Å². The third-order valence-electron chi connectivity index (χ3n) is 6.20. The van der Waals surface area contributed by atoms with Crippen molar-refractivity contribution >= 4 is 20.9 Å². The number of rotatable bonds is 6. The molecule has 0 saturated heterocycles. The topological polar surface area (TPSA) is 51.1 Å². The summed E-state index contributed by atoms with van der Waals surface area (Å²) in [6, 6.07) is 8.86. The molecule has 1 saturated carbocycles. The van der Waals surface area contributed by atoms with Crippen molar-refractivity contribution in [3.05, 3.63) is 59.3 Å². The van der Waals surface area contributed by atoms with Crippen molar-refractivity contribution in [3.63, 3.8) is 0 Å². The van der Waals surface area contributed by atoms with E-state index in [0.717, 1.165) is 22.5 Å². The summed E-state index contributed by atoms with van der Waals surface area (Å²) in [5.41, 5.74) is 2.22. The van der Waals surface area contributed by atoms with Gasteiger partial charge in [-0.3, -0.25) is 0 Å². The molecule has 8 heteroatoms. The smallest absolute Gasteiger partial charge is 0.347 e. The van der Waals surface area contributed by atoms with Crippen molar-refractivity contribution in [2.24, 2.45) is 5.41 Å². The average Bonchev–Trinajstić information content (AvgIpc) is 3.51. The number of aromatic nitrogens is 1. The van der Waals surface area contributed by atoms with Crippen LogP contribution in [0.1, 0.15) is 63.3 Å². The summed E-state index contributed by atoms with van der Waals surface area (Å²) in [6.07, 6.45) is -1.18. The average molecular weight is 493 g/mol. The SMILES string of the molecule is Cc1cc2c([C@@H](C)NS(=O)(=O)C3CC3)cn(CC(C)(C)C)c2cc1-c1ccccc1C(F)(F)F. The van der Waals surface area contributed by atoms with E-state index in [1.54, 1.807) is 13.0 Å². The number of sulfonamides is 1. The molecule has 1 aromatic heterocycles. The Hall–Kier alpha value is -2.32. The number of halogens is 3. The van der Waals surface area contributed by atoms with E-state index in [9.17, 15) is 21.6 Å². The molecule has 1 aliphatic carbocycles. The first-order valence-electron chi connectivity index (χ1n) is 11.5. The van der Waals surface area contributed by atoms with Gasteiger partial charge in [-0.1, -0.05) is 39.0 Å². The number of nitrogens with zero attached hydrogens (tertiary/aromatic N) is 1. The van der Waals surface area contributed by atoms with Crippen LogP contribution in [-0.2, 0) is 22.7 Å². The number of hydrogen-bond acceptors (Lipinski definition) is 2. The molecule has 34 heavy (non-hydrogen) atoms. The predicted molar refractivity (Wildman–Crippen MR) is 130 cm³/mol. The number of fused-ring (bicyclic) bond motifs is 1. The Morgan fingerprint density at radius 2 is 1.74 bits per heavy atom. The Morgan fingerprint density at radius 3 is 2.32 bits per heavy atom. The van der Waals surface area contributed by atoms with Gasteiger partial charge in [0.15, 0.2) is 0 Å². The van der Waals surface area contributed by atoms with Crippen LogP contribution in [0.4, 0.5) is 13.2 Å². The standard InChI is InChI=1S/C26H31F3N2O2S/c1-16-12-21-22(17(2)30-34(32,33)18-10-11-18)14-31(15-25(3,4)5)24(21)13-20(16)19-8-6-7-9-23(19)26(27,28)29/h6-9,12-14,17-18,30H,10-11,15H2,1-5H3/t17-/m1/s1. The molecule has 0 radical (unpaired) electrons. The van der Waals surface area contributed by atoms with Gasteiger partial charge in [-0.05, 0) is 72.6 Å². The van der Waals surface area contributed by atoms with Gasteiger partial charge in [0.2, 0.25) is 10.0 Å². The molecule has 0 amide bonds. The van der Waals surface area contributed by atoms with Gasteiger partial charge in [-0.25, -0.2) is 13.1 Å². The first-order valence-corrected chi connectivity index (χ1v) is 13.0. The molecule has 1 heterocycles. The zero-order chi connectivity index (χ0) is 25.1. The molecule has 184 valence electrons. The molecule has 0 bridgehead atoms. The van der Waals surface area contributed by atoms with Crippen LogP contribution < -0.4 is 4.72 Å². The Kier molecular flexibility index (Phi) is 6.13. The van der Waals surface area contributed by atoms with E-state index < -0.39 is 27.8 Å². The molecule has 1 aliphatic rings. The van der Waals surface area contributed by atoms with Crippen LogP contribution in [0, 0.1) is 12.3 Å². The third-order valence-corrected chi connectivity index (χ3v) is 8.23. The molecule has 0 aliphatic heterocycles. The number of alkyl halides is 3. The summed E-state index contributed by atoms with van der Waals surface area (Å²) in [6.45, 7) is 10.5. The highest BCUT2D eigenvalue weighted by molar-refractivity contribution is 7.90. The maximum absolute atomic E-state index is 13.7. The van der Waals surface area contributed by atoms with Crippen LogP contribution in [0.15, 0.2) is 42.6 Å². The fourth-order valence-corrected chi connectivity index (χ4v) is 6.07. The zero-order valence-corrected chi connectivity index (χ0v) is 20.9. The molecule has 2 aromatic carbocycles. The molecule has 4 nitrogen and oxygen atoms in total. The summed E-state index contributed by atoms with van der Waals surface area (Å²) >= 11 is 0. The molecular formula is C26H31F3N2O2S. The van der Waals surface area contributed by atoms with Gasteiger partial charge >= 0.3 is 6.18 Å². The van der Waals surface area contributed by atoms with Gasteiger partial charge in [0, 0.05) is 29.7 Å². The van der Waals surface area contributed by atoms with Gasteiger partial charge in [0.25, 0.3) is 0 Å². The molecule has 0 unspecified atom stereocenters. The largest absolute Gasteiger partial charge is 0.417 e.